The van der Waals surface area contributed by atoms with Gasteiger partial charge in [0.05, 0.1) is 17.0 Å². The Labute approximate surface area is 122 Å². The molecule has 2 aromatic rings. The van der Waals surface area contributed by atoms with Gasteiger partial charge in [0.15, 0.2) is 0 Å². The largest absolute Gasteiger partial charge is 0.417 e. The van der Waals surface area contributed by atoms with Crippen LogP contribution in [0, 0.1) is 0 Å². The van der Waals surface area contributed by atoms with Crippen LogP contribution in [0.1, 0.15) is 10.4 Å². The van der Waals surface area contributed by atoms with Gasteiger partial charge in [0.1, 0.15) is 0 Å². The summed E-state index contributed by atoms with van der Waals surface area (Å²) >= 11 is 6.91. The lowest BCUT2D eigenvalue weighted by atomic mass is 10.2. The minimum atomic E-state index is -4.55. The molecular formula is C13H9ClF3NOS. The lowest BCUT2D eigenvalue weighted by Crippen LogP contribution is -2.15. The second-order valence-electron chi connectivity index (χ2n) is 4.00. The Morgan fingerprint density at radius 2 is 2.05 bits per heavy atom. The third kappa shape index (κ3) is 3.74. The number of carbonyl (C=O) groups is 1. The molecule has 0 aliphatic rings. The van der Waals surface area contributed by atoms with Crippen molar-refractivity contribution in [3.63, 3.8) is 0 Å². The molecule has 1 amide bonds. The van der Waals surface area contributed by atoms with Gasteiger partial charge in [-0.3, -0.25) is 4.79 Å². The molecule has 20 heavy (non-hydrogen) atoms. The van der Waals surface area contributed by atoms with Gasteiger partial charge in [0, 0.05) is 10.6 Å². The molecule has 1 aromatic heterocycles. The van der Waals surface area contributed by atoms with E-state index in [1.165, 1.54) is 17.4 Å². The summed E-state index contributed by atoms with van der Waals surface area (Å²) in [6, 6.07) is 6.87. The van der Waals surface area contributed by atoms with Crippen molar-refractivity contribution in [1.82, 2.24) is 0 Å². The molecule has 106 valence electrons. The van der Waals surface area contributed by atoms with Crippen LogP contribution >= 0.6 is 22.9 Å². The van der Waals surface area contributed by atoms with E-state index in [2.05, 4.69) is 5.32 Å². The maximum atomic E-state index is 12.7. The third-order valence-electron chi connectivity index (χ3n) is 2.47. The van der Waals surface area contributed by atoms with E-state index < -0.39 is 16.8 Å². The molecule has 0 fully saturated rings. The van der Waals surface area contributed by atoms with Gasteiger partial charge in [-0.1, -0.05) is 17.7 Å². The highest BCUT2D eigenvalue weighted by molar-refractivity contribution is 7.10. The molecule has 0 aliphatic carbocycles. The molecule has 0 atom stereocenters. The Hall–Kier alpha value is -1.53. The SMILES string of the molecule is O=C(Cc1cccs1)Nc1ccc(Cl)c(C(F)(F)F)c1. The minimum Gasteiger partial charge on any atom is -0.326 e. The molecule has 0 saturated carbocycles. The maximum Gasteiger partial charge on any atom is 0.417 e. The van der Waals surface area contributed by atoms with E-state index in [1.54, 1.807) is 12.1 Å². The van der Waals surface area contributed by atoms with Crippen molar-refractivity contribution >= 4 is 34.5 Å². The quantitative estimate of drug-likeness (QED) is 0.880. The summed E-state index contributed by atoms with van der Waals surface area (Å²) in [6.45, 7) is 0. The number of halogens is 4. The topological polar surface area (TPSA) is 29.1 Å². The van der Waals surface area contributed by atoms with Crippen LogP contribution in [0.3, 0.4) is 0 Å². The first-order valence-electron chi connectivity index (χ1n) is 5.55. The van der Waals surface area contributed by atoms with Gasteiger partial charge in [-0.15, -0.1) is 11.3 Å². The van der Waals surface area contributed by atoms with Crippen LogP contribution in [-0.4, -0.2) is 5.91 Å². The Balaban J connectivity index is 2.12. The highest BCUT2D eigenvalue weighted by Crippen LogP contribution is 2.36. The third-order valence-corrected chi connectivity index (χ3v) is 3.68. The van der Waals surface area contributed by atoms with Gasteiger partial charge < -0.3 is 5.32 Å². The Morgan fingerprint density at radius 1 is 1.30 bits per heavy atom. The van der Waals surface area contributed by atoms with Gasteiger partial charge >= 0.3 is 6.18 Å². The van der Waals surface area contributed by atoms with Gasteiger partial charge in [0.2, 0.25) is 5.91 Å². The smallest absolute Gasteiger partial charge is 0.326 e. The Bertz CT molecular complexity index is 611. The van der Waals surface area contributed by atoms with Crippen LogP contribution in [0.25, 0.3) is 0 Å². The van der Waals surface area contributed by atoms with E-state index in [4.69, 9.17) is 11.6 Å². The molecule has 2 rings (SSSR count). The molecule has 0 radical (unpaired) electrons. The summed E-state index contributed by atoms with van der Waals surface area (Å²) in [7, 11) is 0. The van der Waals surface area contributed by atoms with Crippen LogP contribution in [0.15, 0.2) is 35.7 Å². The fourth-order valence-corrected chi connectivity index (χ4v) is 2.53. The number of hydrogen-bond acceptors (Lipinski definition) is 2. The van der Waals surface area contributed by atoms with E-state index >= 15 is 0 Å². The van der Waals surface area contributed by atoms with Gasteiger partial charge in [0.25, 0.3) is 0 Å². The predicted octanol–water partition coefficient (Wildman–Crippen LogP) is 4.60. The minimum absolute atomic E-state index is 0.0725. The van der Waals surface area contributed by atoms with Crippen molar-refractivity contribution in [2.24, 2.45) is 0 Å². The zero-order valence-electron chi connectivity index (χ0n) is 10.00. The van der Waals surface area contributed by atoms with Crippen LogP contribution in [0.4, 0.5) is 18.9 Å². The second-order valence-corrected chi connectivity index (χ2v) is 5.44. The summed E-state index contributed by atoms with van der Waals surface area (Å²) in [5.74, 6) is -0.372. The molecule has 1 heterocycles. The first-order valence-corrected chi connectivity index (χ1v) is 6.81. The molecule has 0 spiro atoms. The molecule has 2 nitrogen and oxygen atoms in total. The molecule has 0 saturated heterocycles. The van der Waals surface area contributed by atoms with E-state index in [-0.39, 0.29) is 18.0 Å². The number of rotatable bonds is 3. The normalized spacial score (nSPS) is 11.4. The average Bonchev–Trinajstić information content (AvgIpc) is 2.83. The van der Waals surface area contributed by atoms with Crippen molar-refractivity contribution in [3.05, 3.63) is 51.2 Å². The predicted molar refractivity (Wildman–Crippen MR) is 73.1 cm³/mol. The molecule has 0 aliphatic heterocycles. The number of hydrogen-bond donors (Lipinski definition) is 1. The Morgan fingerprint density at radius 3 is 2.65 bits per heavy atom. The van der Waals surface area contributed by atoms with E-state index in [0.29, 0.717) is 0 Å². The monoisotopic (exact) mass is 319 g/mol. The van der Waals surface area contributed by atoms with Crippen LogP contribution in [0.5, 0.6) is 0 Å². The molecule has 7 heteroatoms. The van der Waals surface area contributed by atoms with Crippen LogP contribution in [0.2, 0.25) is 5.02 Å². The fourth-order valence-electron chi connectivity index (χ4n) is 1.60. The van der Waals surface area contributed by atoms with E-state index in [1.807, 2.05) is 5.38 Å². The maximum absolute atomic E-state index is 12.7. The highest BCUT2D eigenvalue weighted by Gasteiger charge is 2.33. The van der Waals surface area contributed by atoms with Crippen LogP contribution in [-0.2, 0) is 17.4 Å². The number of amides is 1. The van der Waals surface area contributed by atoms with E-state index in [0.717, 1.165) is 17.0 Å². The van der Waals surface area contributed by atoms with Crippen molar-refractivity contribution in [3.8, 4) is 0 Å². The first-order chi connectivity index (χ1) is 9.36. The summed E-state index contributed by atoms with van der Waals surface area (Å²) in [5.41, 5.74) is -0.892. The van der Waals surface area contributed by atoms with Crippen molar-refractivity contribution < 1.29 is 18.0 Å². The highest BCUT2D eigenvalue weighted by atomic mass is 35.5. The van der Waals surface area contributed by atoms with Gasteiger partial charge in [-0.2, -0.15) is 13.2 Å². The van der Waals surface area contributed by atoms with Crippen LogP contribution < -0.4 is 5.32 Å². The number of anilines is 1. The van der Waals surface area contributed by atoms with Crippen molar-refractivity contribution in [1.29, 1.82) is 0 Å². The molecular weight excluding hydrogens is 311 g/mol. The van der Waals surface area contributed by atoms with Gasteiger partial charge in [-0.25, -0.2) is 0 Å². The second kappa shape index (κ2) is 5.85. The van der Waals surface area contributed by atoms with Gasteiger partial charge in [-0.05, 0) is 29.6 Å². The molecule has 0 unspecified atom stereocenters. The summed E-state index contributed by atoms with van der Waals surface area (Å²) in [5, 5.41) is 3.86. The number of thiophene rings is 1. The molecule has 1 N–H and O–H groups in total. The standard InChI is InChI=1S/C13H9ClF3NOS/c14-11-4-3-8(6-10(11)13(15,16)17)18-12(19)7-9-2-1-5-20-9/h1-6H,7H2,(H,18,19). The summed E-state index contributed by atoms with van der Waals surface area (Å²) < 4.78 is 38.0. The molecule has 0 bridgehead atoms. The zero-order valence-corrected chi connectivity index (χ0v) is 11.6. The number of nitrogens with one attached hydrogen (secondary N) is 1. The lowest BCUT2D eigenvalue weighted by Gasteiger charge is -2.11. The number of benzene rings is 1. The Kier molecular flexibility index (Phi) is 4.35. The summed E-state index contributed by atoms with van der Waals surface area (Å²) in [4.78, 5) is 12.5. The molecule has 1 aromatic carbocycles. The van der Waals surface area contributed by atoms with Crippen molar-refractivity contribution in [2.75, 3.05) is 5.32 Å². The summed E-state index contributed by atoms with van der Waals surface area (Å²) in [6.07, 6.45) is -4.42. The van der Waals surface area contributed by atoms with E-state index in [9.17, 15) is 18.0 Å². The first kappa shape index (κ1) is 14.9. The fraction of sp³-hybridized carbons (Fsp3) is 0.154. The zero-order chi connectivity index (χ0) is 14.8. The van der Waals surface area contributed by atoms with Crippen molar-refractivity contribution in [2.45, 2.75) is 12.6 Å². The number of alkyl halides is 3. The average molecular weight is 320 g/mol. The lowest BCUT2D eigenvalue weighted by molar-refractivity contribution is -0.137. The number of carbonyl (C=O) groups excluding carboxylic acids is 1.